The highest BCUT2D eigenvalue weighted by molar-refractivity contribution is 5.89. The Balaban J connectivity index is 1.66. The molecule has 0 unspecified atom stereocenters. The van der Waals surface area contributed by atoms with Crippen LogP contribution in [0.4, 0.5) is 14.9 Å². The van der Waals surface area contributed by atoms with E-state index in [4.69, 9.17) is 5.26 Å². The second-order valence-corrected chi connectivity index (χ2v) is 7.50. The van der Waals surface area contributed by atoms with Crippen molar-refractivity contribution >= 4 is 18.1 Å². The van der Waals surface area contributed by atoms with Gasteiger partial charge in [-0.05, 0) is 25.1 Å². The third-order valence-electron chi connectivity index (χ3n) is 5.53. The van der Waals surface area contributed by atoms with Crippen molar-refractivity contribution in [1.82, 2.24) is 24.7 Å². The number of rotatable bonds is 8. The van der Waals surface area contributed by atoms with E-state index in [-0.39, 0.29) is 18.2 Å². The lowest BCUT2D eigenvalue weighted by atomic mass is 10.1. The molecule has 0 atom stereocenters. The topological polar surface area (TPSA) is 118 Å². The van der Waals surface area contributed by atoms with Gasteiger partial charge >= 0.3 is 6.03 Å². The van der Waals surface area contributed by atoms with E-state index in [2.05, 4.69) is 10.4 Å². The normalized spacial score (nSPS) is 12.9. The van der Waals surface area contributed by atoms with E-state index in [0.29, 0.717) is 51.2 Å². The zero-order valence-electron chi connectivity index (χ0n) is 18.1. The smallest absolute Gasteiger partial charge is 0.322 e. The van der Waals surface area contributed by atoms with Gasteiger partial charge in [0.05, 0.1) is 31.0 Å². The minimum Gasteiger partial charge on any atom is -0.395 e. The molecule has 0 fully saturated rings. The molecule has 32 heavy (non-hydrogen) atoms. The predicted octanol–water partition coefficient (Wildman–Crippen LogP) is 1.09. The molecule has 1 aliphatic heterocycles. The molecule has 2 aromatic rings. The summed E-state index contributed by atoms with van der Waals surface area (Å²) in [6.07, 6.45) is 1.28. The Morgan fingerprint density at radius 2 is 2.22 bits per heavy atom. The van der Waals surface area contributed by atoms with Crippen LogP contribution < -0.4 is 5.32 Å². The molecule has 0 saturated carbocycles. The number of halogens is 1. The maximum Gasteiger partial charge on any atom is 0.322 e. The molecule has 0 radical (unpaired) electrons. The van der Waals surface area contributed by atoms with E-state index in [1.165, 1.54) is 17.1 Å². The van der Waals surface area contributed by atoms with Crippen LogP contribution in [-0.4, -0.2) is 75.5 Å². The number of hydrogen-bond donors (Lipinski definition) is 2. The average Bonchev–Trinajstić information content (AvgIpc) is 3.12. The Morgan fingerprint density at radius 1 is 1.44 bits per heavy atom. The van der Waals surface area contributed by atoms with Crippen molar-refractivity contribution in [3.63, 3.8) is 0 Å². The van der Waals surface area contributed by atoms with Gasteiger partial charge < -0.3 is 15.3 Å². The molecule has 1 aromatic heterocycles. The average molecular weight is 443 g/mol. The van der Waals surface area contributed by atoms with Gasteiger partial charge in [-0.25, -0.2) is 14.2 Å². The standard InChI is InChI=1S/C21H26FN7O3/c1-15-18-13-27(21(32)24-17-3-4-19(22)16(11-17)12-23)6-5-20(18)25-29(15)8-7-28(9-10-30)26(2)14-31/h3-4,11,14,30H,5-10,13H2,1-2H3,(H,24,32). The summed E-state index contributed by atoms with van der Waals surface area (Å²) in [7, 11) is 1.63. The van der Waals surface area contributed by atoms with Crippen LogP contribution in [0, 0.1) is 24.1 Å². The van der Waals surface area contributed by atoms with Gasteiger partial charge in [0.2, 0.25) is 6.41 Å². The fourth-order valence-electron chi connectivity index (χ4n) is 3.66. The molecule has 170 valence electrons. The first kappa shape index (κ1) is 23.2. The summed E-state index contributed by atoms with van der Waals surface area (Å²) in [5.74, 6) is -0.631. The summed E-state index contributed by atoms with van der Waals surface area (Å²) < 4.78 is 15.4. The van der Waals surface area contributed by atoms with E-state index in [1.54, 1.807) is 23.0 Å². The Hall–Kier alpha value is -3.49. The van der Waals surface area contributed by atoms with Crippen LogP contribution in [-0.2, 0) is 24.3 Å². The van der Waals surface area contributed by atoms with E-state index >= 15 is 0 Å². The molecule has 0 saturated heterocycles. The fourth-order valence-corrected chi connectivity index (χ4v) is 3.66. The van der Waals surface area contributed by atoms with Crippen molar-refractivity contribution in [2.75, 3.05) is 38.6 Å². The molecule has 0 bridgehead atoms. The van der Waals surface area contributed by atoms with Crippen molar-refractivity contribution in [3.8, 4) is 6.07 Å². The molecule has 11 heteroatoms. The Labute approximate surface area is 185 Å². The number of hydrazine groups is 1. The fraction of sp³-hybridized carbons (Fsp3) is 0.429. The molecule has 0 aliphatic carbocycles. The minimum atomic E-state index is -0.631. The highest BCUT2D eigenvalue weighted by Gasteiger charge is 2.26. The molecular formula is C21H26FN7O3. The minimum absolute atomic E-state index is 0.0687. The number of fused-ring (bicyclic) bond motifs is 1. The Morgan fingerprint density at radius 3 is 2.91 bits per heavy atom. The number of hydrogen-bond acceptors (Lipinski definition) is 6. The molecule has 10 nitrogen and oxygen atoms in total. The number of aliphatic hydroxyl groups excluding tert-OH is 1. The maximum absolute atomic E-state index is 13.5. The van der Waals surface area contributed by atoms with Crippen LogP contribution in [0.1, 0.15) is 22.5 Å². The summed E-state index contributed by atoms with van der Waals surface area (Å²) in [6, 6.07) is 5.30. The Kier molecular flexibility index (Phi) is 7.40. The van der Waals surface area contributed by atoms with E-state index in [9.17, 15) is 19.1 Å². The number of nitriles is 1. The largest absolute Gasteiger partial charge is 0.395 e. The van der Waals surface area contributed by atoms with Crippen LogP contribution in [0.15, 0.2) is 18.2 Å². The Bertz CT molecular complexity index is 1030. The number of carbonyl (C=O) groups is 2. The lowest BCUT2D eigenvalue weighted by Gasteiger charge is -2.28. The zero-order chi connectivity index (χ0) is 23.3. The third-order valence-corrected chi connectivity index (χ3v) is 5.53. The first-order chi connectivity index (χ1) is 15.4. The number of nitrogens with one attached hydrogen (secondary N) is 1. The van der Waals surface area contributed by atoms with E-state index in [1.807, 2.05) is 11.6 Å². The van der Waals surface area contributed by atoms with E-state index in [0.717, 1.165) is 23.0 Å². The monoisotopic (exact) mass is 443 g/mol. The van der Waals surface area contributed by atoms with Gasteiger partial charge in [0.15, 0.2) is 0 Å². The molecule has 3 rings (SSSR count). The van der Waals surface area contributed by atoms with Crippen LogP contribution in [0.25, 0.3) is 0 Å². The second kappa shape index (κ2) is 10.2. The SMILES string of the molecule is Cc1c2c(nn1CCN(CCO)N(C)C=O)CCN(C(=O)Nc1ccc(F)c(C#N)c1)C2. The molecular weight excluding hydrogens is 417 g/mol. The number of carbonyl (C=O) groups excluding carboxylic acids is 2. The van der Waals surface area contributed by atoms with Gasteiger partial charge in [0.25, 0.3) is 0 Å². The number of anilines is 1. The summed E-state index contributed by atoms with van der Waals surface area (Å²) in [6.45, 7) is 4.08. The molecule has 1 aromatic carbocycles. The first-order valence-electron chi connectivity index (χ1n) is 10.2. The van der Waals surface area contributed by atoms with Crippen molar-refractivity contribution in [1.29, 1.82) is 5.26 Å². The lowest BCUT2D eigenvalue weighted by molar-refractivity contribution is -0.132. The van der Waals surface area contributed by atoms with Crippen LogP contribution >= 0.6 is 0 Å². The van der Waals surface area contributed by atoms with Gasteiger partial charge in [0.1, 0.15) is 11.9 Å². The summed E-state index contributed by atoms with van der Waals surface area (Å²) >= 11 is 0. The molecule has 2 heterocycles. The number of aromatic nitrogens is 2. The third kappa shape index (κ3) is 5.04. The second-order valence-electron chi connectivity index (χ2n) is 7.50. The number of amides is 3. The van der Waals surface area contributed by atoms with Crippen molar-refractivity contribution in [2.45, 2.75) is 26.4 Å². The van der Waals surface area contributed by atoms with E-state index < -0.39 is 5.82 Å². The summed E-state index contributed by atoms with van der Waals surface area (Å²) in [5.41, 5.74) is 3.06. The van der Waals surface area contributed by atoms with Gasteiger partial charge in [-0.1, -0.05) is 0 Å². The number of benzene rings is 1. The van der Waals surface area contributed by atoms with Crippen molar-refractivity contribution < 1.29 is 19.1 Å². The van der Waals surface area contributed by atoms with Crippen LogP contribution in [0.2, 0.25) is 0 Å². The van der Waals surface area contributed by atoms with Crippen molar-refractivity contribution in [3.05, 3.63) is 46.5 Å². The van der Waals surface area contributed by atoms with Gasteiger partial charge in [-0.3, -0.25) is 14.5 Å². The quantitative estimate of drug-likeness (QED) is 0.466. The first-order valence-corrected chi connectivity index (χ1v) is 10.2. The molecule has 0 spiro atoms. The molecule has 3 amide bonds. The maximum atomic E-state index is 13.5. The number of aliphatic hydroxyl groups is 1. The summed E-state index contributed by atoms with van der Waals surface area (Å²) in [5, 5.41) is 28.7. The van der Waals surface area contributed by atoms with Crippen molar-refractivity contribution in [2.24, 2.45) is 0 Å². The van der Waals surface area contributed by atoms with Crippen LogP contribution in [0.3, 0.4) is 0 Å². The van der Waals surface area contributed by atoms with Gasteiger partial charge in [-0.15, -0.1) is 0 Å². The van der Waals surface area contributed by atoms with Gasteiger partial charge in [-0.2, -0.15) is 10.4 Å². The van der Waals surface area contributed by atoms with Crippen LogP contribution in [0.5, 0.6) is 0 Å². The molecule has 2 N–H and O–H groups in total. The number of urea groups is 1. The summed E-state index contributed by atoms with van der Waals surface area (Å²) in [4.78, 5) is 25.4. The lowest BCUT2D eigenvalue weighted by Crippen LogP contribution is -2.42. The van der Waals surface area contributed by atoms with Gasteiger partial charge in [0, 0.05) is 50.0 Å². The highest BCUT2D eigenvalue weighted by Crippen LogP contribution is 2.23. The number of nitrogens with zero attached hydrogens (tertiary/aromatic N) is 6. The predicted molar refractivity (Wildman–Crippen MR) is 114 cm³/mol. The highest BCUT2D eigenvalue weighted by atomic mass is 19.1. The molecule has 1 aliphatic rings. The zero-order valence-corrected chi connectivity index (χ0v) is 18.1.